The van der Waals surface area contributed by atoms with E-state index in [2.05, 4.69) is 15.2 Å². The number of H-pyrrole nitrogens is 1. The molecule has 1 aliphatic carbocycles. The number of hydrogen-bond donors (Lipinski definition) is 1. The van der Waals surface area contributed by atoms with Gasteiger partial charge in [-0.2, -0.15) is 0 Å². The van der Waals surface area contributed by atoms with Crippen molar-refractivity contribution in [3.05, 3.63) is 41.5 Å². The fourth-order valence-corrected chi connectivity index (χ4v) is 3.02. The minimum absolute atomic E-state index is 0.000432. The Hall–Kier alpha value is -1.89. The molecule has 3 rings (SSSR count). The van der Waals surface area contributed by atoms with Gasteiger partial charge in [-0.05, 0) is 37.5 Å². The number of thioether (sulfide) groups is 1. The summed E-state index contributed by atoms with van der Waals surface area (Å²) in [6, 6.07) is 6.34. The van der Waals surface area contributed by atoms with Crippen LogP contribution in [0.2, 0.25) is 0 Å². The minimum atomic E-state index is -0.284. The van der Waals surface area contributed by atoms with Crippen molar-refractivity contribution >= 4 is 17.7 Å². The second-order valence-electron chi connectivity index (χ2n) is 5.60. The van der Waals surface area contributed by atoms with Gasteiger partial charge in [0.2, 0.25) is 11.1 Å². The SMILES string of the molecule is CCN(Cc1cccc(F)c1)C(=O)CSc1n[nH]c(C2CC2)n1. The lowest BCUT2D eigenvalue weighted by Crippen LogP contribution is -2.31. The summed E-state index contributed by atoms with van der Waals surface area (Å²) in [4.78, 5) is 18.4. The zero-order valence-electron chi connectivity index (χ0n) is 13.0. The molecule has 0 atom stereocenters. The number of nitrogens with one attached hydrogen (secondary N) is 1. The van der Waals surface area contributed by atoms with Crippen molar-refractivity contribution in [2.45, 2.75) is 37.4 Å². The van der Waals surface area contributed by atoms with Gasteiger partial charge in [0.05, 0.1) is 5.75 Å². The molecule has 1 heterocycles. The molecule has 1 aliphatic rings. The number of amides is 1. The van der Waals surface area contributed by atoms with Crippen LogP contribution in [0.5, 0.6) is 0 Å². The summed E-state index contributed by atoms with van der Waals surface area (Å²) >= 11 is 1.33. The van der Waals surface area contributed by atoms with E-state index >= 15 is 0 Å². The lowest BCUT2D eigenvalue weighted by Gasteiger charge is -2.20. The first kappa shape index (κ1) is 16.0. The molecule has 1 aromatic carbocycles. The lowest BCUT2D eigenvalue weighted by molar-refractivity contribution is -0.128. The molecular weight excluding hydrogens is 315 g/mol. The molecule has 0 radical (unpaired) electrons. The van der Waals surface area contributed by atoms with Gasteiger partial charge in [-0.15, -0.1) is 5.10 Å². The Bertz CT molecular complexity index is 686. The maximum Gasteiger partial charge on any atom is 0.233 e. The van der Waals surface area contributed by atoms with Crippen LogP contribution in [-0.2, 0) is 11.3 Å². The second kappa shape index (κ2) is 7.12. The zero-order valence-corrected chi connectivity index (χ0v) is 13.8. The van der Waals surface area contributed by atoms with Crippen LogP contribution in [0.15, 0.2) is 29.4 Å². The third kappa shape index (κ3) is 4.31. The number of benzene rings is 1. The molecule has 1 saturated carbocycles. The van der Waals surface area contributed by atoms with E-state index in [1.807, 2.05) is 13.0 Å². The van der Waals surface area contributed by atoms with Gasteiger partial charge in [-0.1, -0.05) is 23.9 Å². The van der Waals surface area contributed by atoms with Crippen molar-refractivity contribution in [1.29, 1.82) is 0 Å². The molecule has 1 aromatic heterocycles. The largest absolute Gasteiger partial charge is 0.338 e. The number of carbonyl (C=O) groups excluding carboxylic acids is 1. The molecule has 23 heavy (non-hydrogen) atoms. The van der Waals surface area contributed by atoms with Crippen molar-refractivity contribution in [3.8, 4) is 0 Å². The van der Waals surface area contributed by atoms with Gasteiger partial charge in [0, 0.05) is 19.0 Å². The van der Waals surface area contributed by atoms with Gasteiger partial charge < -0.3 is 4.90 Å². The Morgan fingerprint density at radius 3 is 3.00 bits per heavy atom. The molecule has 7 heteroatoms. The van der Waals surface area contributed by atoms with Crippen LogP contribution in [0.1, 0.15) is 37.1 Å². The molecule has 0 saturated heterocycles. The fraction of sp³-hybridized carbons (Fsp3) is 0.438. The number of rotatable bonds is 7. The summed E-state index contributed by atoms with van der Waals surface area (Å²) in [7, 11) is 0. The average Bonchev–Trinajstić information content (AvgIpc) is 3.29. The second-order valence-corrected chi connectivity index (χ2v) is 6.55. The first-order valence-electron chi connectivity index (χ1n) is 7.73. The predicted molar refractivity (Wildman–Crippen MR) is 86.6 cm³/mol. The van der Waals surface area contributed by atoms with Crippen molar-refractivity contribution in [1.82, 2.24) is 20.1 Å². The normalized spacial score (nSPS) is 14.0. The summed E-state index contributed by atoms with van der Waals surface area (Å²) in [6.45, 7) is 2.91. The molecule has 122 valence electrons. The number of hydrogen-bond acceptors (Lipinski definition) is 4. The van der Waals surface area contributed by atoms with Gasteiger partial charge >= 0.3 is 0 Å². The van der Waals surface area contributed by atoms with E-state index in [1.54, 1.807) is 11.0 Å². The van der Waals surface area contributed by atoms with Crippen molar-refractivity contribution in [3.63, 3.8) is 0 Å². The van der Waals surface area contributed by atoms with Crippen molar-refractivity contribution in [2.75, 3.05) is 12.3 Å². The zero-order chi connectivity index (χ0) is 16.2. The fourth-order valence-electron chi connectivity index (χ4n) is 2.31. The van der Waals surface area contributed by atoms with E-state index in [4.69, 9.17) is 0 Å². The highest BCUT2D eigenvalue weighted by atomic mass is 32.2. The Morgan fingerprint density at radius 1 is 1.48 bits per heavy atom. The molecule has 2 aromatic rings. The van der Waals surface area contributed by atoms with Crippen LogP contribution in [0.25, 0.3) is 0 Å². The van der Waals surface area contributed by atoms with Crippen LogP contribution in [-0.4, -0.2) is 38.3 Å². The number of nitrogens with zero attached hydrogens (tertiary/aromatic N) is 3. The van der Waals surface area contributed by atoms with Crippen LogP contribution >= 0.6 is 11.8 Å². The standard InChI is InChI=1S/C16H19FN4OS/c1-2-21(9-11-4-3-5-13(17)8-11)14(22)10-23-16-18-15(19-20-16)12-6-7-12/h3-5,8,12H,2,6-7,9-10H2,1H3,(H,18,19,20). The van der Waals surface area contributed by atoms with E-state index in [0.717, 1.165) is 24.2 Å². The molecule has 1 amide bonds. The highest BCUT2D eigenvalue weighted by molar-refractivity contribution is 7.99. The van der Waals surface area contributed by atoms with Crippen LogP contribution in [0, 0.1) is 5.82 Å². The molecular formula is C16H19FN4OS. The predicted octanol–water partition coefficient (Wildman–Crippen LogP) is 2.96. The van der Waals surface area contributed by atoms with Crippen LogP contribution < -0.4 is 0 Å². The molecule has 1 fully saturated rings. The molecule has 0 bridgehead atoms. The summed E-state index contributed by atoms with van der Waals surface area (Å²) in [5, 5.41) is 7.68. The third-order valence-electron chi connectivity index (χ3n) is 3.77. The van der Waals surface area contributed by atoms with Gasteiger partial charge in [0.1, 0.15) is 11.6 Å². The number of aromatic amines is 1. The maximum absolute atomic E-state index is 13.2. The van der Waals surface area contributed by atoms with E-state index in [0.29, 0.717) is 24.2 Å². The Labute approximate surface area is 138 Å². The van der Waals surface area contributed by atoms with E-state index in [-0.39, 0.29) is 17.5 Å². The first-order valence-corrected chi connectivity index (χ1v) is 8.71. The van der Waals surface area contributed by atoms with Crippen LogP contribution in [0.4, 0.5) is 4.39 Å². The maximum atomic E-state index is 13.2. The topological polar surface area (TPSA) is 61.9 Å². The van der Waals surface area contributed by atoms with E-state index in [1.165, 1.54) is 23.9 Å². The van der Waals surface area contributed by atoms with Gasteiger partial charge in [0.25, 0.3) is 0 Å². The quantitative estimate of drug-likeness (QED) is 0.791. The van der Waals surface area contributed by atoms with E-state index < -0.39 is 0 Å². The smallest absolute Gasteiger partial charge is 0.233 e. The molecule has 1 N–H and O–H groups in total. The highest BCUT2D eigenvalue weighted by Gasteiger charge is 2.27. The van der Waals surface area contributed by atoms with Crippen molar-refractivity contribution < 1.29 is 9.18 Å². The Kier molecular flexibility index (Phi) is 4.95. The number of carbonyl (C=O) groups is 1. The Morgan fingerprint density at radius 2 is 2.30 bits per heavy atom. The minimum Gasteiger partial charge on any atom is -0.338 e. The molecule has 0 spiro atoms. The Balaban J connectivity index is 1.54. The summed E-state index contributed by atoms with van der Waals surface area (Å²) in [5.41, 5.74) is 0.791. The summed E-state index contributed by atoms with van der Waals surface area (Å²) in [6.07, 6.45) is 2.32. The van der Waals surface area contributed by atoms with Gasteiger partial charge in [-0.3, -0.25) is 9.89 Å². The average molecular weight is 334 g/mol. The number of halogens is 1. The van der Waals surface area contributed by atoms with Gasteiger partial charge in [0.15, 0.2) is 0 Å². The summed E-state index contributed by atoms with van der Waals surface area (Å²) < 4.78 is 13.2. The first-order chi connectivity index (χ1) is 11.2. The van der Waals surface area contributed by atoms with Crippen LogP contribution in [0.3, 0.4) is 0 Å². The lowest BCUT2D eigenvalue weighted by atomic mass is 10.2. The summed E-state index contributed by atoms with van der Waals surface area (Å²) in [5.74, 6) is 1.44. The monoisotopic (exact) mass is 334 g/mol. The number of aromatic nitrogens is 3. The van der Waals surface area contributed by atoms with Crippen molar-refractivity contribution in [2.24, 2.45) is 0 Å². The van der Waals surface area contributed by atoms with E-state index in [9.17, 15) is 9.18 Å². The molecule has 5 nitrogen and oxygen atoms in total. The van der Waals surface area contributed by atoms with Gasteiger partial charge in [-0.25, -0.2) is 9.37 Å². The molecule has 0 unspecified atom stereocenters. The third-order valence-corrected chi connectivity index (χ3v) is 4.60. The molecule has 0 aliphatic heterocycles. The highest BCUT2D eigenvalue weighted by Crippen LogP contribution is 2.38.